The van der Waals surface area contributed by atoms with E-state index in [1.807, 2.05) is 0 Å². The minimum Gasteiger partial charge on any atom is -0.494 e. The molecule has 11 heteroatoms. The van der Waals surface area contributed by atoms with Gasteiger partial charge in [-0.2, -0.15) is 17.5 Å². The van der Waals surface area contributed by atoms with Crippen LogP contribution in [0.15, 0.2) is 71.6 Å². The van der Waals surface area contributed by atoms with Crippen molar-refractivity contribution in [1.29, 1.82) is 0 Å². The Bertz CT molecular complexity index is 1320. The van der Waals surface area contributed by atoms with Crippen molar-refractivity contribution >= 4 is 33.2 Å². The molecule has 0 saturated heterocycles. The maximum Gasteiger partial charge on any atom is 0.418 e. The second-order valence-electron chi connectivity index (χ2n) is 7.47. The third-order valence-electron chi connectivity index (χ3n) is 5.00. The van der Waals surface area contributed by atoms with E-state index in [0.29, 0.717) is 11.3 Å². The SMILES string of the molecule is CCOc1ccc(C(=O)Nc2ccc(Cl)cc2C(F)(F)F)cc1CN(C)S(=O)(=O)c1ccccc1. The number of alkyl halides is 3. The Hall–Kier alpha value is -3.08. The van der Waals surface area contributed by atoms with Crippen LogP contribution >= 0.6 is 11.6 Å². The molecule has 3 aromatic carbocycles. The Kier molecular flexibility index (Phi) is 8.09. The molecular weight excluding hydrogens is 505 g/mol. The molecule has 6 nitrogen and oxygen atoms in total. The van der Waals surface area contributed by atoms with Gasteiger partial charge in [0.25, 0.3) is 5.91 Å². The maximum atomic E-state index is 13.4. The van der Waals surface area contributed by atoms with E-state index in [2.05, 4.69) is 5.32 Å². The molecule has 0 radical (unpaired) electrons. The molecule has 0 bridgehead atoms. The molecule has 0 aliphatic rings. The molecule has 186 valence electrons. The van der Waals surface area contributed by atoms with Crippen molar-refractivity contribution in [2.24, 2.45) is 0 Å². The van der Waals surface area contributed by atoms with Crippen molar-refractivity contribution in [2.75, 3.05) is 19.0 Å². The number of sulfonamides is 1. The smallest absolute Gasteiger partial charge is 0.418 e. The van der Waals surface area contributed by atoms with Crippen LogP contribution in [0.5, 0.6) is 5.75 Å². The lowest BCUT2D eigenvalue weighted by molar-refractivity contribution is -0.136. The Morgan fingerprint density at radius 1 is 1.06 bits per heavy atom. The number of ether oxygens (including phenoxy) is 1. The number of amides is 1. The highest BCUT2D eigenvalue weighted by molar-refractivity contribution is 7.89. The minimum absolute atomic E-state index is 0.0250. The summed E-state index contributed by atoms with van der Waals surface area (Å²) in [4.78, 5) is 12.9. The fourth-order valence-electron chi connectivity index (χ4n) is 3.29. The fraction of sp³-hybridized carbons (Fsp3) is 0.208. The first-order valence-corrected chi connectivity index (χ1v) is 12.2. The zero-order chi connectivity index (χ0) is 25.8. The number of nitrogens with zero attached hydrogens (tertiary/aromatic N) is 1. The van der Waals surface area contributed by atoms with Crippen LogP contribution in [-0.2, 0) is 22.7 Å². The monoisotopic (exact) mass is 526 g/mol. The van der Waals surface area contributed by atoms with Gasteiger partial charge in [0.15, 0.2) is 0 Å². The molecule has 0 heterocycles. The second kappa shape index (κ2) is 10.7. The van der Waals surface area contributed by atoms with Crippen LogP contribution in [0, 0.1) is 0 Å². The molecule has 1 amide bonds. The number of rotatable bonds is 8. The first-order chi connectivity index (χ1) is 16.4. The van der Waals surface area contributed by atoms with E-state index in [1.165, 1.54) is 43.4 Å². The molecule has 3 aromatic rings. The van der Waals surface area contributed by atoms with Crippen molar-refractivity contribution in [2.45, 2.75) is 24.5 Å². The molecule has 3 rings (SSSR count). The number of benzene rings is 3. The number of carbonyl (C=O) groups is 1. The summed E-state index contributed by atoms with van der Waals surface area (Å²) in [5, 5.41) is 2.13. The average molecular weight is 527 g/mol. The topological polar surface area (TPSA) is 75.7 Å². The van der Waals surface area contributed by atoms with Gasteiger partial charge in [0.1, 0.15) is 5.75 Å². The first-order valence-electron chi connectivity index (χ1n) is 10.4. The molecule has 0 saturated carbocycles. The lowest BCUT2D eigenvalue weighted by Gasteiger charge is -2.20. The van der Waals surface area contributed by atoms with Crippen LogP contribution in [-0.4, -0.2) is 32.3 Å². The predicted molar refractivity (Wildman–Crippen MR) is 127 cm³/mol. The maximum absolute atomic E-state index is 13.4. The van der Waals surface area contributed by atoms with E-state index in [0.717, 1.165) is 16.4 Å². The van der Waals surface area contributed by atoms with E-state index >= 15 is 0 Å². The summed E-state index contributed by atoms with van der Waals surface area (Å²) in [6, 6.07) is 15.1. The molecule has 0 aromatic heterocycles. The summed E-state index contributed by atoms with van der Waals surface area (Å²) in [7, 11) is -2.45. The highest BCUT2D eigenvalue weighted by atomic mass is 35.5. The Labute approximate surface area is 206 Å². The van der Waals surface area contributed by atoms with Gasteiger partial charge < -0.3 is 10.1 Å². The Morgan fingerprint density at radius 2 is 1.74 bits per heavy atom. The van der Waals surface area contributed by atoms with E-state index in [1.54, 1.807) is 25.1 Å². The Balaban J connectivity index is 1.92. The largest absolute Gasteiger partial charge is 0.494 e. The quantitative estimate of drug-likeness (QED) is 0.401. The van der Waals surface area contributed by atoms with Crippen molar-refractivity contribution in [3.05, 3.63) is 88.4 Å². The third-order valence-corrected chi connectivity index (χ3v) is 7.05. The minimum atomic E-state index is -4.73. The van der Waals surface area contributed by atoms with Crippen LogP contribution in [0.2, 0.25) is 5.02 Å². The third kappa shape index (κ3) is 6.33. The number of hydrogen-bond acceptors (Lipinski definition) is 4. The molecule has 0 fully saturated rings. The zero-order valence-corrected chi connectivity index (χ0v) is 20.3. The highest BCUT2D eigenvalue weighted by Gasteiger charge is 2.34. The van der Waals surface area contributed by atoms with Crippen LogP contribution in [0.3, 0.4) is 0 Å². The Morgan fingerprint density at radius 3 is 2.37 bits per heavy atom. The number of hydrogen-bond donors (Lipinski definition) is 1. The molecule has 0 spiro atoms. The first kappa shape index (κ1) is 26.5. The number of halogens is 4. The molecule has 35 heavy (non-hydrogen) atoms. The predicted octanol–water partition coefficient (Wildman–Crippen LogP) is 5.83. The molecule has 0 aliphatic heterocycles. The lowest BCUT2D eigenvalue weighted by Crippen LogP contribution is -2.27. The summed E-state index contributed by atoms with van der Waals surface area (Å²) in [6.45, 7) is 1.89. The van der Waals surface area contributed by atoms with Gasteiger partial charge in [-0.15, -0.1) is 0 Å². The molecule has 0 atom stereocenters. The van der Waals surface area contributed by atoms with Crippen molar-refractivity contribution in [3.8, 4) is 5.75 Å². The van der Waals surface area contributed by atoms with E-state index in [9.17, 15) is 26.4 Å². The van der Waals surface area contributed by atoms with Gasteiger partial charge in [0.05, 0.1) is 22.8 Å². The van der Waals surface area contributed by atoms with Gasteiger partial charge in [-0.3, -0.25) is 4.79 Å². The van der Waals surface area contributed by atoms with Gasteiger partial charge in [-0.05, 0) is 55.5 Å². The van der Waals surface area contributed by atoms with Crippen molar-refractivity contribution < 1.29 is 31.1 Å². The molecule has 0 aliphatic carbocycles. The van der Waals surface area contributed by atoms with E-state index in [-0.39, 0.29) is 28.6 Å². The number of carbonyl (C=O) groups excluding carboxylic acids is 1. The van der Waals surface area contributed by atoms with Crippen LogP contribution in [0.25, 0.3) is 0 Å². The van der Waals surface area contributed by atoms with Crippen LogP contribution in [0.1, 0.15) is 28.4 Å². The molecule has 1 N–H and O–H groups in total. The van der Waals surface area contributed by atoms with Crippen molar-refractivity contribution in [1.82, 2.24) is 4.31 Å². The van der Waals surface area contributed by atoms with Gasteiger partial charge in [-0.1, -0.05) is 29.8 Å². The van der Waals surface area contributed by atoms with Gasteiger partial charge in [0, 0.05) is 29.7 Å². The second-order valence-corrected chi connectivity index (χ2v) is 9.95. The van der Waals surface area contributed by atoms with Gasteiger partial charge in [-0.25, -0.2) is 8.42 Å². The van der Waals surface area contributed by atoms with Gasteiger partial charge in [0.2, 0.25) is 10.0 Å². The summed E-state index contributed by atoms with van der Waals surface area (Å²) >= 11 is 5.69. The summed E-state index contributed by atoms with van der Waals surface area (Å²) < 4.78 is 72.7. The van der Waals surface area contributed by atoms with E-state index in [4.69, 9.17) is 16.3 Å². The summed E-state index contributed by atoms with van der Waals surface area (Å²) in [6.07, 6.45) is -4.73. The fourth-order valence-corrected chi connectivity index (χ4v) is 4.63. The molecule has 0 unspecified atom stereocenters. The van der Waals surface area contributed by atoms with E-state index < -0.39 is 33.4 Å². The van der Waals surface area contributed by atoms with Crippen LogP contribution in [0.4, 0.5) is 18.9 Å². The zero-order valence-electron chi connectivity index (χ0n) is 18.8. The highest BCUT2D eigenvalue weighted by Crippen LogP contribution is 2.37. The standard InChI is InChI=1S/C24H22ClF3N2O4S/c1-3-34-22-12-9-16(23(31)29-21-11-10-18(25)14-20(21)24(26,27)28)13-17(22)15-30(2)35(32,33)19-7-5-4-6-8-19/h4-14H,3,15H2,1-2H3,(H,29,31). The summed E-state index contributed by atoms with van der Waals surface area (Å²) in [5.41, 5.74) is -1.14. The number of nitrogens with one attached hydrogen (secondary N) is 1. The number of anilines is 1. The average Bonchev–Trinajstić information content (AvgIpc) is 2.81. The lowest BCUT2D eigenvalue weighted by atomic mass is 10.1. The normalized spacial score (nSPS) is 12.0. The van der Waals surface area contributed by atoms with Gasteiger partial charge >= 0.3 is 6.18 Å². The summed E-state index contributed by atoms with van der Waals surface area (Å²) in [5.74, 6) is -0.461. The van der Waals surface area contributed by atoms with Crippen LogP contribution < -0.4 is 10.1 Å². The molecular formula is C24H22ClF3N2O4S. The van der Waals surface area contributed by atoms with Crippen molar-refractivity contribution in [3.63, 3.8) is 0 Å².